The van der Waals surface area contributed by atoms with Crippen LogP contribution in [0.4, 0.5) is 0 Å². The van der Waals surface area contributed by atoms with E-state index >= 15 is 0 Å². The molecule has 2 fully saturated rings. The molecule has 2 heterocycles. The summed E-state index contributed by atoms with van der Waals surface area (Å²) in [4.78, 5) is 27.9. The normalized spacial score (nSPS) is 27.3. The van der Waals surface area contributed by atoms with Crippen LogP contribution in [0.3, 0.4) is 0 Å². The number of aliphatic carboxylic acids is 1. The molecule has 0 aromatic carbocycles. The van der Waals surface area contributed by atoms with Crippen molar-refractivity contribution in [2.45, 2.75) is 45.2 Å². The SMILES string of the molecule is CCCN(C(C)C(=O)N1CCCC1)C1COCC1C(=O)O. The van der Waals surface area contributed by atoms with E-state index in [9.17, 15) is 14.7 Å². The Labute approximate surface area is 126 Å². The van der Waals surface area contributed by atoms with E-state index in [-0.39, 0.29) is 24.6 Å². The first-order valence-corrected chi connectivity index (χ1v) is 7.91. The fourth-order valence-corrected chi connectivity index (χ4v) is 3.35. The molecule has 2 aliphatic rings. The standard InChI is InChI=1S/C15H26N2O4/c1-3-6-17(13-10-21-9-12(13)15(19)20)11(2)14(18)16-7-4-5-8-16/h11-13H,3-10H2,1-2H3,(H,19,20). The van der Waals surface area contributed by atoms with Crippen molar-refractivity contribution < 1.29 is 19.4 Å². The number of carboxylic acid groups (broad SMARTS) is 1. The summed E-state index contributed by atoms with van der Waals surface area (Å²) in [7, 11) is 0. The van der Waals surface area contributed by atoms with E-state index in [1.54, 1.807) is 0 Å². The van der Waals surface area contributed by atoms with Crippen molar-refractivity contribution >= 4 is 11.9 Å². The fourth-order valence-electron chi connectivity index (χ4n) is 3.35. The Morgan fingerprint density at radius 2 is 2.00 bits per heavy atom. The smallest absolute Gasteiger partial charge is 0.310 e. The van der Waals surface area contributed by atoms with E-state index < -0.39 is 11.9 Å². The highest BCUT2D eigenvalue weighted by atomic mass is 16.5. The fraction of sp³-hybridized carbons (Fsp3) is 0.867. The first-order chi connectivity index (χ1) is 10.1. The third-order valence-corrected chi connectivity index (χ3v) is 4.55. The number of rotatable bonds is 6. The summed E-state index contributed by atoms with van der Waals surface area (Å²) in [5.74, 6) is -1.25. The summed E-state index contributed by atoms with van der Waals surface area (Å²) in [6.07, 6.45) is 3.02. The number of likely N-dealkylation sites (tertiary alicyclic amines) is 1. The molecule has 1 N–H and O–H groups in total. The second kappa shape index (κ2) is 7.22. The van der Waals surface area contributed by atoms with Gasteiger partial charge in [0.2, 0.25) is 5.91 Å². The summed E-state index contributed by atoms with van der Waals surface area (Å²) >= 11 is 0. The minimum absolute atomic E-state index is 0.122. The third kappa shape index (κ3) is 3.55. The van der Waals surface area contributed by atoms with Crippen molar-refractivity contribution in [2.75, 3.05) is 32.8 Å². The minimum Gasteiger partial charge on any atom is -0.481 e. The number of carbonyl (C=O) groups is 2. The van der Waals surface area contributed by atoms with Crippen LogP contribution in [0, 0.1) is 5.92 Å². The Hall–Kier alpha value is -1.14. The van der Waals surface area contributed by atoms with Gasteiger partial charge < -0.3 is 14.7 Å². The van der Waals surface area contributed by atoms with E-state index in [1.165, 1.54) is 0 Å². The number of ether oxygens (including phenoxy) is 1. The molecule has 0 bridgehead atoms. The van der Waals surface area contributed by atoms with E-state index in [2.05, 4.69) is 0 Å². The Morgan fingerprint density at radius 3 is 2.57 bits per heavy atom. The van der Waals surface area contributed by atoms with E-state index in [0.29, 0.717) is 6.61 Å². The predicted molar refractivity (Wildman–Crippen MR) is 78.0 cm³/mol. The zero-order valence-electron chi connectivity index (χ0n) is 13.0. The summed E-state index contributed by atoms with van der Waals surface area (Å²) < 4.78 is 5.37. The monoisotopic (exact) mass is 298 g/mol. The van der Waals surface area contributed by atoms with Crippen LogP contribution < -0.4 is 0 Å². The second-order valence-electron chi connectivity index (χ2n) is 6.00. The molecule has 2 saturated heterocycles. The van der Waals surface area contributed by atoms with E-state index in [0.717, 1.165) is 38.9 Å². The van der Waals surface area contributed by atoms with Crippen LogP contribution >= 0.6 is 0 Å². The van der Waals surface area contributed by atoms with E-state index in [4.69, 9.17) is 4.74 Å². The number of amides is 1. The zero-order valence-corrected chi connectivity index (χ0v) is 13.0. The molecule has 0 aromatic rings. The van der Waals surface area contributed by atoms with Gasteiger partial charge in [-0.2, -0.15) is 0 Å². The third-order valence-electron chi connectivity index (χ3n) is 4.55. The van der Waals surface area contributed by atoms with Crippen molar-refractivity contribution in [3.8, 4) is 0 Å². The number of carboxylic acids is 1. The van der Waals surface area contributed by atoms with Gasteiger partial charge in [-0.15, -0.1) is 0 Å². The maximum Gasteiger partial charge on any atom is 0.310 e. The molecule has 0 aromatic heterocycles. The van der Waals surface area contributed by atoms with Crippen LogP contribution in [-0.2, 0) is 14.3 Å². The predicted octanol–water partition coefficient (Wildman–Crippen LogP) is 0.809. The number of carbonyl (C=O) groups excluding carboxylic acids is 1. The zero-order chi connectivity index (χ0) is 15.4. The first-order valence-electron chi connectivity index (χ1n) is 7.91. The van der Waals surface area contributed by atoms with Gasteiger partial charge >= 0.3 is 5.97 Å². The maximum absolute atomic E-state index is 12.6. The molecule has 2 aliphatic heterocycles. The molecule has 6 heteroatoms. The second-order valence-corrected chi connectivity index (χ2v) is 6.00. The van der Waals surface area contributed by atoms with Gasteiger partial charge in [0.1, 0.15) is 0 Å². The number of hydrogen-bond donors (Lipinski definition) is 1. The Bertz CT molecular complexity index is 382. The lowest BCUT2D eigenvalue weighted by molar-refractivity contribution is -0.145. The van der Waals surface area contributed by atoms with Crippen LogP contribution in [0.15, 0.2) is 0 Å². The highest BCUT2D eigenvalue weighted by Crippen LogP contribution is 2.24. The molecule has 21 heavy (non-hydrogen) atoms. The van der Waals surface area contributed by atoms with Crippen molar-refractivity contribution in [3.05, 3.63) is 0 Å². The van der Waals surface area contributed by atoms with Crippen LogP contribution in [0.1, 0.15) is 33.1 Å². The van der Waals surface area contributed by atoms with Gasteiger partial charge in [-0.05, 0) is 32.7 Å². The summed E-state index contributed by atoms with van der Waals surface area (Å²) in [5, 5.41) is 9.33. The largest absolute Gasteiger partial charge is 0.481 e. The lowest BCUT2D eigenvalue weighted by atomic mass is 10.00. The maximum atomic E-state index is 12.6. The summed E-state index contributed by atoms with van der Waals surface area (Å²) in [6.45, 7) is 6.95. The lowest BCUT2D eigenvalue weighted by Gasteiger charge is -2.36. The Kier molecular flexibility index (Phi) is 5.58. The lowest BCUT2D eigenvalue weighted by Crippen LogP contribution is -2.53. The average Bonchev–Trinajstić information content (AvgIpc) is 3.13. The van der Waals surface area contributed by atoms with Gasteiger partial charge in [0.05, 0.1) is 25.2 Å². The Balaban J connectivity index is 2.09. The molecule has 120 valence electrons. The molecule has 6 nitrogen and oxygen atoms in total. The van der Waals surface area contributed by atoms with Crippen molar-refractivity contribution in [1.82, 2.24) is 9.80 Å². The first kappa shape index (κ1) is 16.2. The van der Waals surface area contributed by atoms with Crippen LogP contribution in [0.5, 0.6) is 0 Å². The Morgan fingerprint density at radius 1 is 1.33 bits per heavy atom. The van der Waals surface area contributed by atoms with Crippen LogP contribution in [0.2, 0.25) is 0 Å². The molecule has 1 amide bonds. The quantitative estimate of drug-likeness (QED) is 0.786. The van der Waals surface area contributed by atoms with Crippen molar-refractivity contribution in [3.63, 3.8) is 0 Å². The van der Waals surface area contributed by atoms with Crippen LogP contribution in [0.25, 0.3) is 0 Å². The molecular weight excluding hydrogens is 272 g/mol. The van der Waals surface area contributed by atoms with Gasteiger partial charge in [0.25, 0.3) is 0 Å². The molecule has 3 atom stereocenters. The van der Waals surface area contributed by atoms with Crippen LogP contribution in [-0.4, -0.2) is 71.7 Å². The van der Waals surface area contributed by atoms with Gasteiger partial charge in [0.15, 0.2) is 0 Å². The van der Waals surface area contributed by atoms with Crippen molar-refractivity contribution in [2.24, 2.45) is 5.92 Å². The molecule has 0 radical (unpaired) electrons. The van der Waals surface area contributed by atoms with Gasteiger partial charge in [0, 0.05) is 19.1 Å². The molecule has 0 aliphatic carbocycles. The summed E-state index contributed by atoms with van der Waals surface area (Å²) in [6, 6.07) is -0.486. The molecular formula is C15H26N2O4. The molecule has 0 saturated carbocycles. The highest BCUT2D eigenvalue weighted by molar-refractivity contribution is 5.82. The number of hydrogen-bond acceptors (Lipinski definition) is 4. The minimum atomic E-state index is -0.834. The van der Waals surface area contributed by atoms with E-state index in [1.807, 2.05) is 23.6 Å². The summed E-state index contributed by atoms with van der Waals surface area (Å²) in [5.41, 5.74) is 0. The molecule has 3 unspecified atom stereocenters. The number of nitrogens with zero attached hydrogens (tertiary/aromatic N) is 2. The van der Waals surface area contributed by atoms with Crippen molar-refractivity contribution in [1.29, 1.82) is 0 Å². The molecule has 0 spiro atoms. The van der Waals surface area contributed by atoms with Gasteiger partial charge in [-0.25, -0.2) is 0 Å². The topological polar surface area (TPSA) is 70.1 Å². The molecule has 2 rings (SSSR count). The van der Waals surface area contributed by atoms with Gasteiger partial charge in [-0.1, -0.05) is 6.92 Å². The highest BCUT2D eigenvalue weighted by Gasteiger charge is 2.41. The van der Waals surface area contributed by atoms with Gasteiger partial charge in [-0.3, -0.25) is 14.5 Å². The average molecular weight is 298 g/mol.